The Balaban J connectivity index is 0.000000352. The first-order valence-corrected chi connectivity index (χ1v) is 15.3. The molecule has 3 heteroatoms. The van der Waals surface area contributed by atoms with E-state index in [1.165, 1.54) is 38.3 Å². The van der Waals surface area contributed by atoms with Gasteiger partial charge in [-0.1, -0.05) is 104 Å². The number of allylic oxidation sites excluding steroid dienone is 9. The molecule has 1 unspecified atom stereocenters. The molecule has 0 radical (unpaired) electrons. The zero-order valence-corrected chi connectivity index (χ0v) is 26.0. The Labute approximate surface area is 252 Å². The lowest BCUT2D eigenvalue weighted by Crippen LogP contribution is -1.97. The minimum absolute atomic E-state index is 0.891. The van der Waals surface area contributed by atoms with Crippen LogP contribution in [0.4, 0.5) is 0 Å². The average Bonchev–Trinajstić information content (AvgIpc) is 3.52. The third-order valence-electron chi connectivity index (χ3n) is 7.20. The van der Waals surface area contributed by atoms with Crippen molar-refractivity contribution in [3.05, 3.63) is 156 Å². The van der Waals surface area contributed by atoms with Crippen LogP contribution in [-0.2, 0) is 10.8 Å². The summed E-state index contributed by atoms with van der Waals surface area (Å²) in [5.41, 5.74) is 7.26. The van der Waals surface area contributed by atoms with Crippen LogP contribution in [-0.4, -0.2) is 8.78 Å². The van der Waals surface area contributed by atoms with Gasteiger partial charge in [0.1, 0.15) is 0 Å². The highest BCUT2D eigenvalue weighted by molar-refractivity contribution is 7.98. The van der Waals surface area contributed by atoms with Crippen LogP contribution in [0, 0.1) is 13.8 Å². The summed E-state index contributed by atoms with van der Waals surface area (Å²) < 4.78 is 14.9. The maximum atomic E-state index is 12.5. The molecule has 4 aromatic carbocycles. The van der Waals surface area contributed by atoms with Gasteiger partial charge >= 0.3 is 0 Å². The first-order valence-electron chi connectivity index (χ1n) is 14.2. The van der Waals surface area contributed by atoms with Crippen LogP contribution in [0.5, 0.6) is 0 Å². The van der Waals surface area contributed by atoms with Crippen molar-refractivity contribution in [1.82, 2.24) is 4.57 Å². The molecule has 0 N–H and O–H groups in total. The van der Waals surface area contributed by atoms with E-state index in [0.29, 0.717) is 0 Å². The maximum Gasteiger partial charge on any atom is 0.0811 e. The quantitative estimate of drug-likeness (QED) is 0.197. The lowest BCUT2D eigenvalue weighted by atomic mass is 10.1. The van der Waals surface area contributed by atoms with Crippen LogP contribution in [0.15, 0.2) is 139 Å². The van der Waals surface area contributed by atoms with E-state index in [0.717, 1.165) is 26.4 Å². The highest BCUT2D eigenvalue weighted by Gasteiger charge is 2.18. The zero-order valence-electron chi connectivity index (χ0n) is 25.2. The Morgan fingerprint density at radius 2 is 1.24 bits per heavy atom. The Morgan fingerprint density at radius 1 is 0.690 bits per heavy atom. The third-order valence-corrected chi connectivity index (χ3v) is 8.69. The van der Waals surface area contributed by atoms with E-state index in [4.69, 9.17) is 0 Å². The lowest BCUT2D eigenvalue weighted by molar-refractivity contribution is 0.692. The van der Waals surface area contributed by atoms with Gasteiger partial charge in [0.25, 0.3) is 0 Å². The number of aromatic nitrogens is 1. The molecule has 1 atom stereocenters. The van der Waals surface area contributed by atoms with E-state index in [2.05, 4.69) is 104 Å². The van der Waals surface area contributed by atoms with Gasteiger partial charge < -0.3 is 4.57 Å². The SMILES string of the molecule is C=C/C=C\C.C=C/C=C\C.CC1=CC=C(c2ccc3cc(-n4c5c(C)cccc5c5cccc(C)c54)ccc3c2)S1=O. The van der Waals surface area contributed by atoms with Crippen LogP contribution in [0.2, 0.25) is 0 Å². The number of hydrogen-bond donors (Lipinski definition) is 0. The highest BCUT2D eigenvalue weighted by atomic mass is 32.2. The first kappa shape index (κ1) is 30.5. The molecule has 1 aromatic heterocycles. The van der Waals surface area contributed by atoms with Crippen LogP contribution in [0.1, 0.15) is 37.5 Å². The van der Waals surface area contributed by atoms with Crippen molar-refractivity contribution in [3.8, 4) is 5.69 Å². The summed E-state index contributed by atoms with van der Waals surface area (Å²) >= 11 is 0. The summed E-state index contributed by atoms with van der Waals surface area (Å²) in [4.78, 5) is 1.80. The summed E-state index contributed by atoms with van der Waals surface area (Å²) in [5.74, 6) is 0. The topological polar surface area (TPSA) is 22.0 Å². The smallest absolute Gasteiger partial charge is 0.0811 e. The summed E-state index contributed by atoms with van der Waals surface area (Å²) in [6.45, 7) is 17.1. The van der Waals surface area contributed by atoms with E-state index in [-0.39, 0.29) is 0 Å². The van der Waals surface area contributed by atoms with Crippen LogP contribution in [0.3, 0.4) is 0 Å². The van der Waals surface area contributed by atoms with Gasteiger partial charge in [0.15, 0.2) is 0 Å². The van der Waals surface area contributed by atoms with Crippen molar-refractivity contribution >= 4 is 48.3 Å². The molecule has 6 rings (SSSR count). The maximum absolute atomic E-state index is 12.5. The fourth-order valence-corrected chi connectivity index (χ4v) is 6.28. The highest BCUT2D eigenvalue weighted by Crippen LogP contribution is 2.37. The predicted octanol–water partition coefficient (Wildman–Crippen LogP) is 11.1. The van der Waals surface area contributed by atoms with Crippen molar-refractivity contribution in [2.45, 2.75) is 34.6 Å². The minimum Gasteiger partial charge on any atom is -0.309 e. The van der Waals surface area contributed by atoms with Gasteiger partial charge in [-0.25, -0.2) is 4.21 Å². The monoisotopic (exact) mass is 569 g/mol. The number of fused-ring (bicyclic) bond motifs is 4. The molecule has 0 aliphatic carbocycles. The molecule has 0 saturated carbocycles. The normalized spacial score (nSPS) is 14.5. The summed E-state index contributed by atoms with van der Waals surface area (Å²) in [5, 5.41) is 4.91. The summed E-state index contributed by atoms with van der Waals surface area (Å²) in [6.07, 6.45) is 15.1. The van der Waals surface area contributed by atoms with Crippen molar-refractivity contribution in [3.63, 3.8) is 0 Å². The van der Waals surface area contributed by atoms with Crippen molar-refractivity contribution in [2.24, 2.45) is 0 Å². The van der Waals surface area contributed by atoms with Crippen LogP contribution in [0.25, 0.3) is 43.2 Å². The molecule has 1 aliphatic rings. The standard InChI is InChI=1S/C29H23NOS.2C5H8/c1-18-6-4-8-25-26-9-5-7-19(2)29(26)30(28(18)25)24-14-13-21-16-23(12-11-22(21)17-24)27-15-10-20(3)32(27)31;2*1-3-5-4-2/h4-17H,1-3H3;2*3-5H,1H2,2H3/b;2*5-4-. The van der Waals surface area contributed by atoms with Gasteiger partial charge in [-0.3, -0.25) is 0 Å². The van der Waals surface area contributed by atoms with Gasteiger partial charge in [0, 0.05) is 21.4 Å². The second-order valence-electron chi connectivity index (χ2n) is 10.1. The van der Waals surface area contributed by atoms with Crippen molar-refractivity contribution < 1.29 is 4.21 Å². The Kier molecular flexibility index (Phi) is 10.1. The van der Waals surface area contributed by atoms with Gasteiger partial charge in [0.05, 0.1) is 26.7 Å². The second kappa shape index (κ2) is 13.9. The number of aryl methyl sites for hydroxylation is 2. The summed E-state index contributed by atoms with van der Waals surface area (Å²) in [6, 6.07) is 26.1. The average molecular weight is 570 g/mol. The van der Waals surface area contributed by atoms with E-state index in [1.807, 2.05) is 57.2 Å². The Hall–Kier alpha value is -4.47. The van der Waals surface area contributed by atoms with E-state index in [9.17, 15) is 4.21 Å². The first-order chi connectivity index (χ1) is 20.4. The number of rotatable bonds is 4. The number of nitrogens with zero attached hydrogens (tertiary/aromatic N) is 1. The molecular formula is C39H39NOS. The predicted molar refractivity (Wildman–Crippen MR) is 188 cm³/mol. The Morgan fingerprint density at radius 3 is 1.71 bits per heavy atom. The molecule has 0 bridgehead atoms. The molecule has 0 amide bonds. The van der Waals surface area contributed by atoms with Gasteiger partial charge in [-0.05, 0) is 92.4 Å². The van der Waals surface area contributed by atoms with E-state index in [1.54, 1.807) is 12.2 Å². The largest absolute Gasteiger partial charge is 0.309 e. The molecule has 2 nitrogen and oxygen atoms in total. The third kappa shape index (κ3) is 6.22. The van der Waals surface area contributed by atoms with Crippen LogP contribution < -0.4 is 0 Å². The molecule has 1 aliphatic heterocycles. The fourth-order valence-electron chi connectivity index (χ4n) is 5.21. The molecule has 212 valence electrons. The van der Waals surface area contributed by atoms with Crippen molar-refractivity contribution in [2.75, 3.05) is 0 Å². The summed E-state index contributed by atoms with van der Waals surface area (Å²) in [7, 11) is -1.05. The molecule has 0 spiro atoms. The second-order valence-corrected chi connectivity index (χ2v) is 11.7. The number of para-hydroxylation sites is 2. The number of benzene rings is 4. The molecular weight excluding hydrogens is 531 g/mol. The lowest BCUT2D eigenvalue weighted by Gasteiger charge is -2.13. The minimum atomic E-state index is -1.05. The van der Waals surface area contributed by atoms with Gasteiger partial charge in [-0.15, -0.1) is 0 Å². The van der Waals surface area contributed by atoms with E-state index < -0.39 is 10.8 Å². The van der Waals surface area contributed by atoms with Crippen LogP contribution >= 0.6 is 0 Å². The van der Waals surface area contributed by atoms with Gasteiger partial charge in [0.2, 0.25) is 0 Å². The zero-order chi connectivity index (χ0) is 30.2. The Bertz CT molecular complexity index is 1850. The van der Waals surface area contributed by atoms with Gasteiger partial charge in [-0.2, -0.15) is 0 Å². The fraction of sp³-hybridized carbons (Fsp3) is 0.128. The van der Waals surface area contributed by atoms with Crippen molar-refractivity contribution in [1.29, 1.82) is 0 Å². The molecule has 0 fully saturated rings. The number of hydrogen-bond acceptors (Lipinski definition) is 1. The molecule has 2 heterocycles. The molecule has 5 aromatic rings. The van der Waals surface area contributed by atoms with E-state index >= 15 is 0 Å². The molecule has 0 saturated heterocycles. The molecule has 42 heavy (non-hydrogen) atoms.